The average Bonchev–Trinajstić information content (AvgIpc) is 3.10. The zero-order valence-electron chi connectivity index (χ0n) is 14.0. The molecule has 0 aliphatic carbocycles. The molecule has 1 aromatic heterocycles. The molecule has 0 N–H and O–H groups in total. The second kappa shape index (κ2) is 6.84. The molecule has 3 heterocycles. The van der Waals surface area contributed by atoms with Gasteiger partial charge < -0.3 is 14.5 Å². The predicted molar refractivity (Wildman–Crippen MR) is 90.6 cm³/mol. The molecule has 26 heavy (non-hydrogen) atoms. The molecule has 2 atom stereocenters. The Morgan fingerprint density at radius 1 is 1.15 bits per heavy atom. The number of morpholine rings is 1. The van der Waals surface area contributed by atoms with Gasteiger partial charge in [-0.05, 0) is 42.0 Å². The molecule has 0 saturated carbocycles. The van der Waals surface area contributed by atoms with Crippen LogP contribution in [0.4, 0.5) is 4.39 Å². The minimum Gasteiger partial charge on any atom is -0.364 e. The third-order valence-corrected chi connectivity index (χ3v) is 4.86. The molecule has 0 spiro atoms. The summed E-state index contributed by atoms with van der Waals surface area (Å²) in [7, 11) is 0. The number of likely N-dealkylation sites (tertiary alicyclic amines) is 1. The molecule has 2 aliphatic rings. The van der Waals surface area contributed by atoms with Crippen LogP contribution in [-0.2, 0) is 16.1 Å². The highest BCUT2D eigenvalue weighted by atomic mass is 19.1. The Labute approximate surface area is 150 Å². The molecule has 0 bridgehead atoms. The Kier molecular flexibility index (Phi) is 4.38. The first-order valence-corrected chi connectivity index (χ1v) is 8.46. The van der Waals surface area contributed by atoms with Crippen LogP contribution in [-0.4, -0.2) is 58.4 Å². The number of carbonyl (C=O) groups is 2. The van der Waals surface area contributed by atoms with Gasteiger partial charge in [-0.15, -0.1) is 0 Å². The van der Waals surface area contributed by atoms with E-state index in [2.05, 4.69) is 4.98 Å². The molecule has 2 unspecified atom stereocenters. The summed E-state index contributed by atoms with van der Waals surface area (Å²) in [6.45, 7) is 1.30. The maximum atomic E-state index is 13.1. The summed E-state index contributed by atoms with van der Waals surface area (Å²) < 4.78 is 18.7. The highest BCUT2D eigenvalue weighted by Gasteiger charge is 2.44. The normalized spacial score (nSPS) is 22.4. The number of hydrogen-bond acceptors (Lipinski definition) is 4. The van der Waals surface area contributed by atoms with E-state index in [1.165, 1.54) is 24.3 Å². The lowest BCUT2D eigenvalue weighted by atomic mass is 10.1. The standard InChI is InChI=1S/C19H18FN3O3/c20-15-3-1-14(2-4-15)19(25)22-10-16-17(11-22)26-12-18(24)23(16)9-13-5-7-21-8-6-13/h1-8,16-17H,9-12H2. The molecular formula is C19H18FN3O3. The SMILES string of the molecule is O=C(c1ccc(F)cc1)N1CC2OCC(=O)N(Cc3ccncc3)C2C1. The van der Waals surface area contributed by atoms with Gasteiger partial charge in [-0.1, -0.05) is 0 Å². The van der Waals surface area contributed by atoms with Crippen LogP contribution in [0, 0.1) is 5.82 Å². The lowest BCUT2D eigenvalue weighted by Gasteiger charge is -2.36. The molecule has 1 aromatic carbocycles. The van der Waals surface area contributed by atoms with Crippen LogP contribution in [0.5, 0.6) is 0 Å². The molecule has 2 saturated heterocycles. The molecule has 0 radical (unpaired) electrons. The second-order valence-electron chi connectivity index (χ2n) is 6.51. The molecule has 7 heteroatoms. The number of halogens is 1. The lowest BCUT2D eigenvalue weighted by molar-refractivity contribution is -0.153. The third-order valence-electron chi connectivity index (χ3n) is 4.86. The molecule has 2 aliphatic heterocycles. The number of pyridine rings is 1. The van der Waals surface area contributed by atoms with E-state index in [4.69, 9.17) is 4.74 Å². The number of aromatic nitrogens is 1. The monoisotopic (exact) mass is 355 g/mol. The topological polar surface area (TPSA) is 62.7 Å². The zero-order chi connectivity index (χ0) is 18.1. The molecular weight excluding hydrogens is 337 g/mol. The van der Waals surface area contributed by atoms with Gasteiger partial charge in [0, 0.05) is 37.6 Å². The summed E-state index contributed by atoms with van der Waals surface area (Å²) >= 11 is 0. The quantitative estimate of drug-likeness (QED) is 0.837. The Balaban J connectivity index is 1.51. The van der Waals surface area contributed by atoms with Gasteiger partial charge in [-0.3, -0.25) is 14.6 Å². The van der Waals surface area contributed by atoms with Crippen molar-refractivity contribution in [3.8, 4) is 0 Å². The largest absolute Gasteiger partial charge is 0.364 e. The minimum atomic E-state index is -0.380. The number of ether oxygens (including phenoxy) is 1. The summed E-state index contributed by atoms with van der Waals surface area (Å²) in [5.74, 6) is -0.646. The number of rotatable bonds is 3. The Hall–Kier alpha value is -2.80. The van der Waals surface area contributed by atoms with E-state index in [-0.39, 0.29) is 36.4 Å². The van der Waals surface area contributed by atoms with Crippen LogP contribution in [0.1, 0.15) is 15.9 Å². The summed E-state index contributed by atoms with van der Waals surface area (Å²) in [6, 6.07) is 9.04. The second-order valence-corrected chi connectivity index (χ2v) is 6.51. The number of nitrogens with zero attached hydrogens (tertiary/aromatic N) is 3. The fourth-order valence-corrected chi connectivity index (χ4v) is 3.50. The molecule has 2 amide bonds. The van der Waals surface area contributed by atoms with Crippen LogP contribution < -0.4 is 0 Å². The van der Waals surface area contributed by atoms with E-state index in [1.807, 2.05) is 12.1 Å². The van der Waals surface area contributed by atoms with Crippen molar-refractivity contribution in [2.45, 2.75) is 18.7 Å². The number of carbonyl (C=O) groups excluding carboxylic acids is 2. The van der Waals surface area contributed by atoms with Gasteiger partial charge in [-0.25, -0.2) is 4.39 Å². The maximum absolute atomic E-state index is 13.1. The van der Waals surface area contributed by atoms with Crippen molar-refractivity contribution >= 4 is 11.8 Å². The van der Waals surface area contributed by atoms with Crippen molar-refractivity contribution in [3.05, 3.63) is 65.7 Å². The van der Waals surface area contributed by atoms with E-state index >= 15 is 0 Å². The van der Waals surface area contributed by atoms with Crippen LogP contribution in [0.25, 0.3) is 0 Å². The predicted octanol–water partition coefficient (Wildman–Crippen LogP) is 1.47. The van der Waals surface area contributed by atoms with Crippen LogP contribution in [0.2, 0.25) is 0 Å². The molecule has 134 valence electrons. The fraction of sp³-hybridized carbons (Fsp3) is 0.316. The summed E-state index contributed by atoms with van der Waals surface area (Å²) in [5, 5.41) is 0. The number of benzene rings is 1. The first-order valence-electron chi connectivity index (χ1n) is 8.46. The van der Waals surface area contributed by atoms with E-state index < -0.39 is 0 Å². The van der Waals surface area contributed by atoms with E-state index in [9.17, 15) is 14.0 Å². The molecule has 2 fully saturated rings. The highest BCUT2D eigenvalue weighted by Crippen LogP contribution is 2.26. The van der Waals surface area contributed by atoms with Crippen molar-refractivity contribution in [3.63, 3.8) is 0 Å². The highest BCUT2D eigenvalue weighted by molar-refractivity contribution is 5.94. The van der Waals surface area contributed by atoms with Crippen molar-refractivity contribution < 1.29 is 18.7 Å². The van der Waals surface area contributed by atoms with Crippen LogP contribution in [0.15, 0.2) is 48.8 Å². The maximum Gasteiger partial charge on any atom is 0.254 e. The lowest BCUT2D eigenvalue weighted by Crippen LogP contribution is -2.53. The Morgan fingerprint density at radius 3 is 2.62 bits per heavy atom. The van der Waals surface area contributed by atoms with Crippen LogP contribution in [0.3, 0.4) is 0 Å². The van der Waals surface area contributed by atoms with E-state index in [0.717, 1.165) is 5.56 Å². The van der Waals surface area contributed by atoms with Crippen molar-refractivity contribution in [2.24, 2.45) is 0 Å². The van der Waals surface area contributed by atoms with Gasteiger partial charge in [0.15, 0.2) is 0 Å². The van der Waals surface area contributed by atoms with Crippen molar-refractivity contribution in [1.82, 2.24) is 14.8 Å². The Bertz CT molecular complexity index is 813. The van der Waals surface area contributed by atoms with Gasteiger partial charge >= 0.3 is 0 Å². The van der Waals surface area contributed by atoms with Gasteiger partial charge in [0.25, 0.3) is 5.91 Å². The first kappa shape index (κ1) is 16.7. The summed E-state index contributed by atoms with van der Waals surface area (Å²) in [6.07, 6.45) is 3.17. The van der Waals surface area contributed by atoms with Crippen molar-refractivity contribution in [2.75, 3.05) is 19.7 Å². The van der Waals surface area contributed by atoms with Crippen LogP contribution >= 0.6 is 0 Å². The van der Waals surface area contributed by atoms with Crippen molar-refractivity contribution in [1.29, 1.82) is 0 Å². The van der Waals surface area contributed by atoms with E-state index in [0.29, 0.717) is 25.2 Å². The third kappa shape index (κ3) is 3.17. The van der Waals surface area contributed by atoms with Gasteiger partial charge in [0.05, 0.1) is 12.1 Å². The fourth-order valence-electron chi connectivity index (χ4n) is 3.50. The molecule has 6 nitrogen and oxygen atoms in total. The summed E-state index contributed by atoms with van der Waals surface area (Å²) in [5.41, 5.74) is 1.41. The molecule has 2 aromatic rings. The van der Waals surface area contributed by atoms with E-state index in [1.54, 1.807) is 22.2 Å². The number of hydrogen-bond donors (Lipinski definition) is 0. The van der Waals surface area contributed by atoms with Gasteiger partial charge in [-0.2, -0.15) is 0 Å². The number of amides is 2. The summed E-state index contributed by atoms with van der Waals surface area (Å²) in [4.78, 5) is 32.5. The average molecular weight is 355 g/mol. The zero-order valence-corrected chi connectivity index (χ0v) is 14.0. The van der Waals surface area contributed by atoms with Gasteiger partial charge in [0.2, 0.25) is 5.91 Å². The smallest absolute Gasteiger partial charge is 0.254 e. The first-order chi connectivity index (χ1) is 12.6. The number of fused-ring (bicyclic) bond motifs is 1. The van der Waals surface area contributed by atoms with Gasteiger partial charge in [0.1, 0.15) is 12.4 Å². The molecule has 4 rings (SSSR count). The Morgan fingerprint density at radius 2 is 1.88 bits per heavy atom. The minimum absolute atomic E-state index is 0.0187.